The maximum atomic E-state index is 12.1. The van der Waals surface area contributed by atoms with Gasteiger partial charge in [-0.3, -0.25) is 13.9 Å². The van der Waals surface area contributed by atoms with Crippen molar-refractivity contribution in [1.82, 2.24) is 19.1 Å². The standard InChI is InChI=1S/C14H21N5O2/c1-4-14(6-5-7-14)8-15-12-16-9-10(17-12)18(2)13(21)19(3)11(9)20/h4-8H2,1-3H3,(H2,15,16,17). The fraction of sp³-hybridized carbons (Fsp3) is 0.643. The molecule has 0 radical (unpaired) electrons. The Balaban J connectivity index is 1.95. The normalized spacial score (nSPS) is 16.9. The molecule has 0 aliphatic heterocycles. The first-order valence-corrected chi connectivity index (χ1v) is 7.37. The van der Waals surface area contributed by atoms with Crippen LogP contribution in [0.3, 0.4) is 0 Å². The molecule has 2 N–H and O–H groups in total. The van der Waals surface area contributed by atoms with E-state index < -0.39 is 0 Å². The lowest BCUT2D eigenvalue weighted by Crippen LogP contribution is -2.36. The number of nitrogens with zero attached hydrogens (tertiary/aromatic N) is 3. The first-order valence-electron chi connectivity index (χ1n) is 7.37. The average molecular weight is 291 g/mol. The summed E-state index contributed by atoms with van der Waals surface area (Å²) in [5, 5.41) is 3.29. The van der Waals surface area contributed by atoms with E-state index in [2.05, 4.69) is 22.2 Å². The summed E-state index contributed by atoms with van der Waals surface area (Å²) in [5.41, 5.74) is 0.401. The fourth-order valence-corrected chi connectivity index (χ4v) is 3.01. The van der Waals surface area contributed by atoms with Crippen LogP contribution in [0.15, 0.2) is 9.59 Å². The average Bonchev–Trinajstić information content (AvgIpc) is 2.87. The molecule has 2 aromatic rings. The molecular weight excluding hydrogens is 270 g/mol. The molecule has 1 fully saturated rings. The second-order valence-electron chi connectivity index (χ2n) is 6.05. The first-order chi connectivity index (χ1) is 9.97. The minimum absolute atomic E-state index is 0.345. The van der Waals surface area contributed by atoms with Gasteiger partial charge in [-0.15, -0.1) is 0 Å². The van der Waals surface area contributed by atoms with Gasteiger partial charge in [0, 0.05) is 20.6 Å². The van der Waals surface area contributed by atoms with E-state index in [1.165, 1.54) is 30.9 Å². The molecule has 7 nitrogen and oxygen atoms in total. The lowest BCUT2D eigenvalue weighted by atomic mass is 9.67. The molecule has 0 spiro atoms. The van der Waals surface area contributed by atoms with Gasteiger partial charge in [-0.2, -0.15) is 4.98 Å². The molecule has 114 valence electrons. The van der Waals surface area contributed by atoms with E-state index in [0.717, 1.165) is 17.5 Å². The Hall–Kier alpha value is -2.05. The van der Waals surface area contributed by atoms with E-state index in [0.29, 0.717) is 22.5 Å². The van der Waals surface area contributed by atoms with Crippen LogP contribution in [-0.2, 0) is 14.1 Å². The number of aromatic amines is 1. The van der Waals surface area contributed by atoms with Gasteiger partial charge in [-0.05, 0) is 24.7 Å². The van der Waals surface area contributed by atoms with Gasteiger partial charge in [0.1, 0.15) is 0 Å². The number of anilines is 1. The minimum Gasteiger partial charge on any atom is -0.355 e. The Morgan fingerprint density at radius 1 is 1.29 bits per heavy atom. The summed E-state index contributed by atoms with van der Waals surface area (Å²) in [6, 6.07) is 0. The number of H-pyrrole nitrogens is 1. The molecule has 21 heavy (non-hydrogen) atoms. The van der Waals surface area contributed by atoms with Gasteiger partial charge in [-0.1, -0.05) is 13.3 Å². The lowest BCUT2D eigenvalue weighted by molar-refractivity contribution is 0.145. The molecule has 0 unspecified atom stereocenters. The summed E-state index contributed by atoms with van der Waals surface area (Å²) >= 11 is 0. The van der Waals surface area contributed by atoms with Gasteiger partial charge in [0.25, 0.3) is 5.56 Å². The van der Waals surface area contributed by atoms with Crippen LogP contribution in [0.1, 0.15) is 32.6 Å². The van der Waals surface area contributed by atoms with Gasteiger partial charge in [-0.25, -0.2) is 4.79 Å². The number of fused-ring (bicyclic) bond motifs is 1. The van der Waals surface area contributed by atoms with Gasteiger partial charge in [0.15, 0.2) is 11.2 Å². The summed E-state index contributed by atoms with van der Waals surface area (Å²) in [7, 11) is 3.09. The zero-order valence-corrected chi connectivity index (χ0v) is 12.7. The van der Waals surface area contributed by atoms with Crippen LogP contribution >= 0.6 is 0 Å². The summed E-state index contributed by atoms with van der Waals surface area (Å²) in [6.07, 6.45) is 4.89. The highest BCUT2D eigenvalue weighted by Gasteiger charge is 2.34. The van der Waals surface area contributed by atoms with Crippen molar-refractivity contribution < 1.29 is 0 Å². The number of aromatic nitrogens is 4. The number of nitrogens with one attached hydrogen (secondary N) is 2. The third kappa shape index (κ3) is 2.07. The van der Waals surface area contributed by atoms with Crippen molar-refractivity contribution in [3.8, 4) is 0 Å². The maximum Gasteiger partial charge on any atom is 0.332 e. The van der Waals surface area contributed by atoms with Crippen LogP contribution in [0.5, 0.6) is 0 Å². The third-order valence-electron chi connectivity index (χ3n) is 4.89. The van der Waals surface area contributed by atoms with Crippen molar-refractivity contribution in [3.05, 3.63) is 20.8 Å². The van der Waals surface area contributed by atoms with Crippen LogP contribution in [0.25, 0.3) is 11.2 Å². The van der Waals surface area contributed by atoms with E-state index in [9.17, 15) is 9.59 Å². The zero-order chi connectivity index (χ0) is 15.2. The van der Waals surface area contributed by atoms with E-state index in [-0.39, 0.29) is 11.2 Å². The molecule has 0 bridgehead atoms. The Labute approximate surface area is 122 Å². The Morgan fingerprint density at radius 3 is 2.57 bits per heavy atom. The second kappa shape index (κ2) is 4.75. The largest absolute Gasteiger partial charge is 0.355 e. The van der Waals surface area contributed by atoms with Gasteiger partial charge >= 0.3 is 5.69 Å². The van der Waals surface area contributed by atoms with Crippen molar-refractivity contribution in [2.45, 2.75) is 32.6 Å². The molecule has 2 aromatic heterocycles. The van der Waals surface area contributed by atoms with Crippen LogP contribution < -0.4 is 16.6 Å². The summed E-state index contributed by atoms with van der Waals surface area (Å²) in [6.45, 7) is 3.05. The molecule has 2 heterocycles. The van der Waals surface area contributed by atoms with Crippen LogP contribution in [0.4, 0.5) is 5.95 Å². The first kappa shape index (κ1) is 13.9. The molecule has 1 saturated carbocycles. The smallest absolute Gasteiger partial charge is 0.332 e. The highest BCUT2D eigenvalue weighted by Crippen LogP contribution is 2.43. The third-order valence-corrected chi connectivity index (χ3v) is 4.89. The van der Waals surface area contributed by atoms with Crippen LogP contribution in [0, 0.1) is 5.41 Å². The number of hydrogen-bond donors (Lipinski definition) is 2. The zero-order valence-electron chi connectivity index (χ0n) is 12.7. The second-order valence-corrected chi connectivity index (χ2v) is 6.05. The van der Waals surface area contributed by atoms with E-state index in [1.807, 2.05) is 0 Å². The Morgan fingerprint density at radius 2 is 2.00 bits per heavy atom. The monoisotopic (exact) mass is 291 g/mol. The van der Waals surface area contributed by atoms with Crippen molar-refractivity contribution in [3.63, 3.8) is 0 Å². The quantitative estimate of drug-likeness (QED) is 0.878. The van der Waals surface area contributed by atoms with Crippen LogP contribution in [0.2, 0.25) is 0 Å². The number of imidazole rings is 1. The lowest BCUT2D eigenvalue weighted by Gasteiger charge is -2.41. The maximum absolute atomic E-state index is 12.1. The highest BCUT2D eigenvalue weighted by atomic mass is 16.2. The number of rotatable bonds is 4. The molecule has 0 atom stereocenters. The summed E-state index contributed by atoms with van der Waals surface area (Å²) in [5.74, 6) is 0.558. The fourth-order valence-electron chi connectivity index (χ4n) is 3.01. The van der Waals surface area contributed by atoms with E-state index >= 15 is 0 Å². The minimum atomic E-state index is -0.366. The molecule has 0 amide bonds. The molecular formula is C14H21N5O2. The molecule has 7 heteroatoms. The van der Waals surface area contributed by atoms with E-state index in [4.69, 9.17) is 0 Å². The van der Waals surface area contributed by atoms with E-state index in [1.54, 1.807) is 7.05 Å². The van der Waals surface area contributed by atoms with Gasteiger partial charge < -0.3 is 10.3 Å². The number of aryl methyl sites for hydroxylation is 1. The Kier molecular flexibility index (Phi) is 3.15. The van der Waals surface area contributed by atoms with Crippen molar-refractivity contribution >= 4 is 17.1 Å². The van der Waals surface area contributed by atoms with Crippen molar-refractivity contribution in [2.75, 3.05) is 11.9 Å². The van der Waals surface area contributed by atoms with Crippen LogP contribution in [-0.4, -0.2) is 25.6 Å². The molecule has 0 saturated heterocycles. The van der Waals surface area contributed by atoms with Gasteiger partial charge in [0.2, 0.25) is 5.95 Å². The highest BCUT2D eigenvalue weighted by molar-refractivity contribution is 5.72. The topological polar surface area (TPSA) is 84.7 Å². The molecule has 0 aromatic carbocycles. The predicted molar refractivity (Wildman–Crippen MR) is 81.6 cm³/mol. The summed E-state index contributed by atoms with van der Waals surface area (Å²) in [4.78, 5) is 31.3. The summed E-state index contributed by atoms with van der Waals surface area (Å²) < 4.78 is 2.47. The molecule has 1 aliphatic rings. The number of hydrogen-bond acceptors (Lipinski definition) is 4. The van der Waals surface area contributed by atoms with Crippen molar-refractivity contribution in [1.29, 1.82) is 0 Å². The van der Waals surface area contributed by atoms with Crippen molar-refractivity contribution in [2.24, 2.45) is 19.5 Å². The SMILES string of the molecule is CCC1(CNc2nc3c([nH]2)c(=O)n(C)c(=O)n3C)CCC1. The molecule has 1 aliphatic carbocycles. The molecule has 3 rings (SSSR count). The Bertz CT molecular complexity index is 789. The van der Waals surface area contributed by atoms with Gasteiger partial charge in [0.05, 0.1) is 0 Å². The predicted octanol–water partition coefficient (Wildman–Crippen LogP) is 0.952.